The van der Waals surface area contributed by atoms with Gasteiger partial charge in [-0.25, -0.2) is 4.79 Å². The summed E-state index contributed by atoms with van der Waals surface area (Å²) in [6.45, 7) is 6.86. The SMILES string of the molecule is CC(C)[C@H]1COCCCCOc2ccc(cc2)C[C@@H](NC(=O)N[C@@H](C)C(=O)O)C(=O)N1. The van der Waals surface area contributed by atoms with Crippen molar-refractivity contribution in [3.8, 4) is 5.75 Å². The van der Waals surface area contributed by atoms with Crippen LogP contribution in [0.4, 0.5) is 4.79 Å². The van der Waals surface area contributed by atoms with Gasteiger partial charge in [-0.2, -0.15) is 0 Å². The van der Waals surface area contributed by atoms with Crippen LogP contribution in [0.25, 0.3) is 0 Å². The number of amides is 3. The molecule has 1 aromatic rings. The summed E-state index contributed by atoms with van der Waals surface area (Å²) in [5, 5.41) is 16.9. The van der Waals surface area contributed by atoms with Gasteiger partial charge in [0, 0.05) is 13.0 Å². The van der Waals surface area contributed by atoms with Gasteiger partial charge >= 0.3 is 12.0 Å². The van der Waals surface area contributed by atoms with Crippen molar-refractivity contribution in [1.29, 1.82) is 0 Å². The van der Waals surface area contributed by atoms with E-state index in [1.165, 1.54) is 6.92 Å². The van der Waals surface area contributed by atoms with Gasteiger partial charge in [0.1, 0.15) is 17.8 Å². The molecule has 172 valence electrons. The first kappa shape index (κ1) is 24.5. The molecule has 0 fully saturated rings. The number of benzene rings is 1. The van der Waals surface area contributed by atoms with E-state index in [1.807, 2.05) is 38.1 Å². The molecule has 2 aliphatic rings. The second-order valence-electron chi connectivity index (χ2n) is 8.07. The van der Waals surface area contributed by atoms with Gasteiger partial charge in [0.25, 0.3) is 0 Å². The number of carboxylic acid groups (broad SMARTS) is 1. The number of nitrogens with one attached hydrogen (secondary N) is 3. The van der Waals surface area contributed by atoms with Crippen LogP contribution in [0.3, 0.4) is 0 Å². The maximum absolute atomic E-state index is 13.0. The fourth-order valence-corrected chi connectivity index (χ4v) is 3.02. The van der Waals surface area contributed by atoms with E-state index in [4.69, 9.17) is 14.6 Å². The lowest BCUT2D eigenvalue weighted by molar-refractivity contribution is -0.138. The summed E-state index contributed by atoms with van der Waals surface area (Å²) in [5.74, 6) is -0.649. The zero-order valence-corrected chi connectivity index (χ0v) is 18.3. The van der Waals surface area contributed by atoms with E-state index < -0.39 is 24.1 Å². The molecule has 9 heteroatoms. The minimum atomic E-state index is -1.16. The van der Waals surface area contributed by atoms with Crippen LogP contribution < -0.4 is 20.7 Å². The molecule has 3 amide bonds. The summed E-state index contributed by atoms with van der Waals surface area (Å²) in [6, 6.07) is 4.45. The summed E-state index contributed by atoms with van der Waals surface area (Å²) >= 11 is 0. The van der Waals surface area contributed by atoms with Crippen molar-refractivity contribution in [3.63, 3.8) is 0 Å². The second kappa shape index (κ2) is 12.1. The lowest BCUT2D eigenvalue weighted by atomic mass is 10.0. The van der Waals surface area contributed by atoms with E-state index in [0.29, 0.717) is 19.8 Å². The number of carbonyl (C=O) groups excluding carboxylic acids is 2. The Bertz CT molecular complexity index is 737. The maximum Gasteiger partial charge on any atom is 0.325 e. The third kappa shape index (κ3) is 8.45. The van der Waals surface area contributed by atoms with Crippen molar-refractivity contribution in [3.05, 3.63) is 29.8 Å². The van der Waals surface area contributed by atoms with Crippen LogP contribution in [-0.2, 0) is 20.7 Å². The molecule has 0 aliphatic carbocycles. The molecule has 2 heterocycles. The van der Waals surface area contributed by atoms with Crippen LogP contribution in [0, 0.1) is 5.92 Å². The molecule has 4 N–H and O–H groups in total. The van der Waals surface area contributed by atoms with Crippen LogP contribution in [0.2, 0.25) is 0 Å². The number of urea groups is 1. The van der Waals surface area contributed by atoms with E-state index in [1.54, 1.807) is 0 Å². The molecule has 2 bridgehead atoms. The third-order valence-electron chi connectivity index (χ3n) is 5.08. The summed E-state index contributed by atoms with van der Waals surface area (Å²) in [7, 11) is 0. The Balaban J connectivity index is 2.19. The van der Waals surface area contributed by atoms with Crippen LogP contribution in [-0.4, -0.2) is 61.0 Å². The molecule has 0 saturated carbocycles. The molecular formula is C22H33N3O6. The quantitative estimate of drug-likeness (QED) is 0.570. The molecular weight excluding hydrogens is 402 g/mol. The molecule has 2 aliphatic heterocycles. The third-order valence-corrected chi connectivity index (χ3v) is 5.08. The number of hydrogen-bond acceptors (Lipinski definition) is 5. The minimum Gasteiger partial charge on any atom is -0.494 e. The molecule has 31 heavy (non-hydrogen) atoms. The summed E-state index contributed by atoms with van der Waals surface area (Å²) < 4.78 is 11.5. The highest BCUT2D eigenvalue weighted by Gasteiger charge is 2.26. The normalized spacial score (nSPS) is 21.6. The van der Waals surface area contributed by atoms with Crippen molar-refractivity contribution in [1.82, 2.24) is 16.0 Å². The molecule has 0 saturated heterocycles. The highest BCUT2D eigenvalue weighted by molar-refractivity contribution is 5.89. The number of hydrogen-bond donors (Lipinski definition) is 4. The maximum atomic E-state index is 13.0. The minimum absolute atomic E-state index is 0.131. The Hall–Kier alpha value is -2.81. The first-order valence-electron chi connectivity index (χ1n) is 10.7. The Kier molecular flexibility index (Phi) is 9.58. The molecule has 0 spiro atoms. The van der Waals surface area contributed by atoms with Gasteiger partial charge in [0.05, 0.1) is 19.3 Å². The van der Waals surface area contributed by atoms with Crippen LogP contribution >= 0.6 is 0 Å². The van der Waals surface area contributed by atoms with Crippen molar-refractivity contribution in [2.75, 3.05) is 19.8 Å². The first-order valence-corrected chi connectivity index (χ1v) is 10.7. The Morgan fingerprint density at radius 1 is 1.13 bits per heavy atom. The smallest absolute Gasteiger partial charge is 0.325 e. The van der Waals surface area contributed by atoms with Crippen LogP contribution in [0.5, 0.6) is 5.75 Å². The van der Waals surface area contributed by atoms with Crippen molar-refractivity contribution < 1.29 is 29.0 Å². The molecule has 3 atom stereocenters. The van der Waals surface area contributed by atoms with E-state index in [9.17, 15) is 14.4 Å². The predicted octanol–water partition coefficient (Wildman–Crippen LogP) is 1.70. The Morgan fingerprint density at radius 2 is 1.81 bits per heavy atom. The van der Waals surface area contributed by atoms with Gasteiger partial charge in [-0.1, -0.05) is 26.0 Å². The molecule has 0 radical (unpaired) electrons. The summed E-state index contributed by atoms with van der Waals surface area (Å²) in [5.41, 5.74) is 0.837. The van der Waals surface area contributed by atoms with Gasteiger partial charge in [0.15, 0.2) is 0 Å². The van der Waals surface area contributed by atoms with Crippen molar-refractivity contribution in [2.24, 2.45) is 5.92 Å². The lowest BCUT2D eigenvalue weighted by Crippen LogP contribution is -2.56. The number of rotatable bonds is 4. The average molecular weight is 436 g/mol. The fourth-order valence-electron chi connectivity index (χ4n) is 3.02. The summed E-state index contributed by atoms with van der Waals surface area (Å²) in [4.78, 5) is 36.3. The Morgan fingerprint density at radius 3 is 2.45 bits per heavy atom. The first-order chi connectivity index (χ1) is 14.8. The lowest BCUT2D eigenvalue weighted by Gasteiger charge is -2.26. The van der Waals surface area contributed by atoms with Crippen LogP contribution in [0.1, 0.15) is 39.2 Å². The molecule has 1 aromatic carbocycles. The van der Waals surface area contributed by atoms with Gasteiger partial charge < -0.3 is 30.5 Å². The second-order valence-corrected chi connectivity index (χ2v) is 8.07. The van der Waals surface area contributed by atoms with Crippen molar-refractivity contribution >= 4 is 17.9 Å². The fraction of sp³-hybridized carbons (Fsp3) is 0.591. The largest absolute Gasteiger partial charge is 0.494 e. The number of carbonyl (C=O) groups is 3. The molecule has 3 rings (SSSR count). The number of fused-ring (bicyclic) bond motifs is 13. The van der Waals surface area contributed by atoms with Gasteiger partial charge in [-0.15, -0.1) is 0 Å². The number of aliphatic carboxylic acids is 1. The van der Waals surface area contributed by atoms with E-state index in [-0.39, 0.29) is 24.3 Å². The molecule has 0 unspecified atom stereocenters. The van der Waals surface area contributed by atoms with Gasteiger partial charge in [0.2, 0.25) is 5.91 Å². The zero-order chi connectivity index (χ0) is 22.8. The number of ether oxygens (including phenoxy) is 2. The van der Waals surface area contributed by atoms with E-state index >= 15 is 0 Å². The van der Waals surface area contributed by atoms with Crippen molar-refractivity contribution in [2.45, 2.75) is 58.2 Å². The highest BCUT2D eigenvalue weighted by Crippen LogP contribution is 2.15. The molecule has 9 nitrogen and oxygen atoms in total. The monoisotopic (exact) mass is 435 g/mol. The van der Waals surface area contributed by atoms with E-state index in [2.05, 4.69) is 16.0 Å². The average Bonchev–Trinajstić information content (AvgIpc) is 2.71. The number of carboxylic acids is 1. The topological polar surface area (TPSA) is 126 Å². The zero-order valence-electron chi connectivity index (χ0n) is 18.3. The highest BCUT2D eigenvalue weighted by atomic mass is 16.5. The van der Waals surface area contributed by atoms with Gasteiger partial charge in [-0.05, 0) is 43.4 Å². The Labute approximate surface area is 182 Å². The van der Waals surface area contributed by atoms with Crippen LogP contribution in [0.15, 0.2) is 24.3 Å². The molecule has 0 aromatic heterocycles. The predicted molar refractivity (Wildman–Crippen MR) is 115 cm³/mol. The van der Waals surface area contributed by atoms with E-state index in [0.717, 1.165) is 24.2 Å². The standard InChI is InChI=1S/C22H33N3O6/c1-14(2)19-13-30-10-4-5-11-31-17-8-6-16(7-9-17)12-18(20(26)24-19)25-22(29)23-15(3)21(27)28/h6-9,14-15,18-19H,4-5,10-13H2,1-3H3,(H,24,26)(H,27,28)(H2,23,25,29)/t15-,18+,19+/m0/s1. The summed E-state index contributed by atoms with van der Waals surface area (Å²) in [6.07, 6.45) is 1.96. The van der Waals surface area contributed by atoms with Gasteiger partial charge in [-0.3, -0.25) is 9.59 Å².